The molecule has 9 nitrogen and oxygen atoms in total. The van der Waals surface area contributed by atoms with E-state index in [1.807, 2.05) is 36.4 Å². The first-order chi connectivity index (χ1) is 21.6. The molecule has 2 aromatic heterocycles. The Morgan fingerprint density at radius 3 is 2.29 bits per heavy atom. The molecule has 3 aromatic carbocycles. The number of nitrogens with one attached hydrogen (secondary N) is 3. The second kappa shape index (κ2) is 13.9. The van der Waals surface area contributed by atoms with Gasteiger partial charge in [-0.3, -0.25) is 14.6 Å². The van der Waals surface area contributed by atoms with Crippen molar-refractivity contribution in [3.05, 3.63) is 127 Å². The van der Waals surface area contributed by atoms with Gasteiger partial charge in [0, 0.05) is 36.6 Å². The Morgan fingerprint density at radius 1 is 0.822 bits per heavy atom. The highest BCUT2D eigenvalue weighted by Crippen LogP contribution is 2.28. The van der Waals surface area contributed by atoms with Crippen molar-refractivity contribution in [3.8, 4) is 22.4 Å². The molecule has 0 aliphatic rings. The Kier molecular flexibility index (Phi) is 9.83. The van der Waals surface area contributed by atoms with Gasteiger partial charge in [0.2, 0.25) is 0 Å². The molecule has 5 aromatic rings. The Balaban J connectivity index is 1.37. The molecule has 3 amide bonds. The standard InChI is InChI=1S/C33H27Cl3N6O3/c1-3-42-32(44)29(39-33(45)40-30-19(2)16-37-18-27(30)36)15-28(41-42)23-8-4-6-21(13-23)22-7-5-9-24(14-22)31(43)38-17-20-10-11-25(34)26(35)12-20/h4-16,18H,3,17H2,1-2H3,(H,38,43)(H2,37,39,40,45). The largest absolute Gasteiger partial charge is 0.348 e. The molecule has 0 bridgehead atoms. The predicted octanol–water partition coefficient (Wildman–Crippen LogP) is 7.83. The quantitative estimate of drug-likeness (QED) is 0.157. The molecule has 0 fully saturated rings. The molecular formula is C33H27Cl3N6O3. The molecule has 3 N–H and O–H groups in total. The summed E-state index contributed by atoms with van der Waals surface area (Å²) in [5.41, 5.74) is 4.79. The van der Waals surface area contributed by atoms with Gasteiger partial charge >= 0.3 is 6.03 Å². The maximum Gasteiger partial charge on any atom is 0.323 e. The first-order valence-electron chi connectivity index (χ1n) is 13.9. The summed E-state index contributed by atoms with van der Waals surface area (Å²) in [5, 5.41) is 13.9. The summed E-state index contributed by atoms with van der Waals surface area (Å²) >= 11 is 18.3. The number of halogens is 3. The van der Waals surface area contributed by atoms with E-state index in [1.165, 1.54) is 16.9 Å². The topological polar surface area (TPSA) is 118 Å². The van der Waals surface area contributed by atoms with Crippen molar-refractivity contribution in [2.75, 3.05) is 10.6 Å². The third kappa shape index (κ3) is 7.51. The van der Waals surface area contributed by atoms with Crippen molar-refractivity contribution in [2.24, 2.45) is 0 Å². The zero-order chi connectivity index (χ0) is 32.1. The number of aryl methyl sites for hydroxylation is 2. The third-order valence-corrected chi connectivity index (χ3v) is 7.93. The summed E-state index contributed by atoms with van der Waals surface area (Å²) in [4.78, 5) is 42.8. The van der Waals surface area contributed by atoms with E-state index in [2.05, 4.69) is 26.0 Å². The van der Waals surface area contributed by atoms with E-state index in [4.69, 9.17) is 34.8 Å². The first-order valence-corrected chi connectivity index (χ1v) is 15.0. The first kappa shape index (κ1) is 31.7. The van der Waals surface area contributed by atoms with Crippen LogP contribution in [0.4, 0.5) is 16.2 Å². The van der Waals surface area contributed by atoms with Gasteiger partial charge in [0.15, 0.2) is 0 Å². The van der Waals surface area contributed by atoms with Crippen LogP contribution >= 0.6 is 34.8 Å². The summed E-state index contributed by atoms with van der Waals surface area (Å²) in [6.45, 7) is 4.13. The molecule has 0 atom stereocenters. The lowest BCUT2D eigenvalue weighted by Crippen LogP contribution is -2.30. The van der Waals surface area contributed by atoms with Crippen LogP contribution in [0.25, 0.3) is 22.4 Å². The number of nitrogens with zero attached hydrogens (tertiary/aromatic N) is 3. The van der Waals surface area contributed by atoms with E-state index < -0.39 is 11.6 Å². The zero-order valence-electron chi connectivity index (χ0n) is 24.2. The maximum absolute atomic E-state index is 13.0. The van der Waals surface area contributed by atoms with Gasteiger partial charge in [-0.1, -0.05) is 71.2 Å². The Morgan fingerprint density at radius 2 is 1.56 bits per heavy atom. The SMILES string of the molecule is CCn1nc(-c2cccc(-c3cccc(C(=O)NCc4ccc(Cl)c(Cl)c4)c3)c2)cc(NC(=O)Nc2c(C)cncc2Cl)c1=O. The van der Waals surface area contributed by atoms with E-state index >= 15 is 0 Å². The molecule has 0 saturated carbocycles. The molecule has 0 radical (unpaired) electrons. The van der Waals surface area contributed by atoms with Gasteiger partial charge in [-0.25, -0.2) is 9.48 Å². The number of anilines is 2. The molecule has 0 aliphatic carbocycles. The monoisotopic (exact) mass is 660 g/mol. The lowest BCUT2D eigenvalue weighted by atomic mass is 9.99. The van der Waals surface area contributed by atoms with Gasteiger partial charge in [0.05, 0.1) is 26.4 Å². The van der Waals surface area contributed by atoms with Gasteiger partial charge in [-0.2, -0.15) is 5.10 Å². The van der Waals surface area contributed by atoms with E-state index in [-0.39, 0.29) is 29.7 Å². The Hall–Kier alpha value is -4.70. The van der Waals surface area contributed by atoms with Gasteiger partial charge in [-0.05, 0) is 72.5 Å². The highest BCUT2D eigenvalue weighted by molar-refractivity contribution is 6.42. The molecule has 0 saturated heterocycles. The number of benzene rings is 3. The van der Waals surface area contributed by atoms with Crippen molar-refractivity contribution >= 4 is 58.1 Å². The fourth-order valence-corrected chi connectivity index (χ4v) is 5.15. The van der Waals surface area contributed by atoms with Crippen LogP contribution in [0.1, 0.15) is 28.4 Å². The van der Waals surface area contributed by atoms with Crippen LogP contribution in [0.2, 0.25) is 15.1 Å². The molecule has 0 spiro atoms. The van der Waals surface area contributed by atoms with Crippen molar-refractivity contribution in [1.82, 2.24) is 20.1 Å². The zero-order valence-corrected chi connectivity index (χ0v) is 26.5. The fourth-order valence-electron chi connectivity index (χ4n) is 4.58. The third-order valence-electron chi connectivity index (χ3n) is 6.90. The number of hydrogen-bond donors (Lipinski definition) is 3. The minimum absolute atomic E-state index is 0.0493. The van der Waals surface area contributed by atoms with E-state index in [1.54, 1.807) is 50.4 Å². The molecule has 0 aliphatic heterocycles. The summed E-state index contributed by atoms with van der Waals surface area (Å²) < 4.78 is 1.28. The van der Waals surface area contributed by atoms with E-state index in [9.17, 15) is 14.4 Å². The molecule has 228 valence electrons. The van der Waals surface area contributed by atoms with Crippen LogP contribution < -0.4 is 21.5 Å². The Labute approximate surface area is 274 Å². The molecule has 12 heteroatoms. The molecule has 5 rings (SSSR count). The number of rotatable bonds is 8. The van der Waals surface area contributed by atoms with Crippen molar-refractivity contribution in [3.63, 3.8) is 0 Å². The van der Waals surface area contributed by atoms with Crippen LogP contribution in [-0.4, -0.2) is 26.7 Å². The highest BCUT2D eigenvalue weighted by atomic mass is 35.5. The number of amides is 3. The second-order valence-electron chi connectivity index (χ2n) is 10.0. The van der Waals surface area contributed by atoms with E-state index in [0.717, 1.165) is 16.7 Å². The van der Waals surface area contributed by atoms with Crippen LogP contribution in [-0.2, 0) is 13.1 Å². The smallest absolute Gasteiger partial charge is 0.323 e. The number of urea groups is 1. The number of hydrogen-bond acceptors (Lipinski definition) is 5. The summed E-state index contributed by atoms with van der Waals surface area (Å²) in [6, 6.07) is 20.9. The van der Waals surface area contributed by atoms with Gasteiger partial charge in [0.25, 0.3) is 11.5 Å². The Bertz CT molecular complexity index is 1960. The second-order valence-corrected chi connectivity index (χ2v) is 11.3. The normalized spacial score (nSPS) is 10.8. The summed E-state index contributed by atoms with van der Waals surface area (Å²) in [7, 11) is 0. The average molecular weight is 662 g/mol. The molecule has 2 heterocycles. The molecule has 0 unspecified atom stereocenters. The van der Waals surface area contributed by atoms with Gasteiger partial charge < -0.3 is 16.0 Å². The minimum Gasteiger partial charge on any atom is -0.348 e. The van der Waals surface area contributed by atoms with Gasteiger partial charge in [0.1, 0.15) is 5.69 Å². The number of pyridine rings is 1. The average Bonchev–Trinajstić information content (AvgIpc) is 3.04. The molecular weight excluding hydrogens is 635 g/mol. The number of carbonyl (C=O) groups is 2. The lowest BCUT2D eigenvalue weighted by molar-refractivity contribution is 0.0951. The maximum atomic E-state index is 13.0. The summed E-state index contributed by atoms with van der Waals surface area (Å²) in [6.07, 6.45) is 2.99. The van der Waals surface area contributed by atoms with Crippen molar-refractivity contribution in [2.45, 2.75) is 26.9 Å². The van der Waals surface area contributed by atoms with Gasteiger partial charge in [-0.15, -0.1) is 0 Å². The minimum atomic E-state index is -0.633. The highest BCUT2D eigenvalue weighted by Gasteiger charge is 2.15. The number of carbonyl (C=O) groups excluding carboxylic acids is 2. The van der Waals surface area contributed by atoms with Crippen molar-refractivity contribution < 1.29 is 9.59 Å². The lowest BCUT2D eigenvalue weighted by Gasteiger charge is -2.13. The summed E-state index contributed by atoms with van der Waals surface area (Å²) in [5.74, 6) is -0.243. The van der Waals surface area contributed by atoms with Crippen LogP contribution in [0.3, 0.4) is 0 Å². The van der Waals surface area contributed by atoms with Crippen LogP contribution in [0.15, 0.2) is 90.0 Å². The van der Waals surface area contributed by atoms with Crippen LogP contribution in [0.5, 0.6) is 0 Å². The van der Waals surface area contributed by atoms with E-state index in [0.29, 0.717) is 38.1 Å². The molecule has 45 heavy (non-hydrogen) atoms. The fraction of sp³-hybridized carbons (Fsp3) is 0.121. The predicted molar refractivity (Wildman–Crippen MR) is 179 cm³/mol. The van der Waals surface area contributed by atoms with Crippen molar-refractivity contribution in [1.29, 1.82) is 0 Å². The number of aromatic nitrogens is 3. The van der Waals surface area contributed by atoms with Crippen LogP contribution in [0, 0.1) is 6.92 Å².